The number of ether oxygens (including phenoxy) is 1. The monoisotopic (exact) mass is 178 g/mol. The molecule has 1 heterocycles. The van der Waals surface area contributed by atoms with Crippen LogP contribution in [0.25, 0.3) is 0 Å². The minimum Gasteiger partial charge on any atom is -0.497 e. The predicted molar refractivity (Wildman–Crippen MR) is 53.0 cm³/mol. The Hall–Kier alpha value is -1.22. The summed E-state index contributed by atoms with van der Waals surface area (Å²) in [6, 6.07) is 6.12. The fourth-order valence-electron chi connectivity index (χ4n) is 1.65. The molecule has 0 radical (unpaired) electrons. The van der Waals surface area contributed by atoms with Gasteiger partial charge in [0.1, 0.15) is 5.75 Å². The Morgan fingerprint density at radius 3 is 3.15 bits per heavy atom. The number of hydrogen-bond donors (Lipinski definition) is 2. The van der Waals surface area contributed by atoms with Crippen LogP contribution in [0.3, 0.4) is 0 Å². The molecule has 13 heavy (non-hydrogen) atoms. The van der Waals surface area contributed by atoms with Crippen molar-refractivity contribution < 1.29 is 4.74 Å². The van der Waals surface area contributed by atoms with Gasteiger partial charge in [0.2, 0.25) is 0 Å². The van der Waals surface area contributed by atoms with Crippen molar-refractivity contribution in [1.82, 2.24) is 0 Å². The Kier molecular flexibility index (Phi) is 2.10. The first kappa shape index (κ1) is 8.38. The molecule has 0 aliphatic carbocycles. The van der Waals surface area contributed by atoms with Crippen molar-refractivity contribution in [2.75, 3.05) is 19.0 Å². The van der Waals surface area contributed by atoms with Crippen LogP contribution in [0.5, 0.6) is 5.75 Å². The van der Waals surface area contributed by atoms with Gasteiger partial charge in [-0.1, -0.05) is 0 Å². The number of fused-ring (bicyclic) bond motifs is 1. The summed E-state index contributed by atoms with van der Waals surface area (Å²) < 4.78 is 5.15. The number of methoxy groups -OCH3 is 1. The van der Waals surface area contributed by atoms with Crippen molar-refractivity contribution in [3.05, 3.63) is 23.8 Å². The van der Waals surface area contributed by atoms with Crippen molar-refractivity contribution in [3.8, 4) is 5.75 Å². The second-order valence-electron chi connectivity index (χ2n) is 3.28. The van der Waals surface area contributed by atoms with Gasteiger partial charge in [-0.2, -0.15) is 0 Å². The van der Waals surface area contributed by atoms with E-state index in [1.807, 2.05) is 18.2 Å². The maximum absolute atomic E-state index is 5.97. The predicted octanol–water partition coefficient (Wildman–Crippen LogP) is 1.51. The molecule has 0 amide bonds. The van der Waals surface area contributed by atoms with Crippen LogP contribution in [0.1, 0.15) is 18.0 Å². The summed E-state index contributed by atoms with van der Waals surface area (Å²) in [5.74, 6) is 0.873. The maximum atomic E-state index is 5.97. The number of anilines is 1. The van der Waals surface area contributed by atoms with Gasteiger partial charge in [-0.25, -0.2) is 0 Å². The zero-order chi connectivity index (χ0) is 9.26. The third-order valence-electron chi connectivity index (χ3n) is 2.43. The standard InChI is InChI=1S/C10H14N2O/c1-13-7-2-3-10-8(6-7)9(11)4-5-12-10/h2-3,6,9,12H,4-5,11H2,1H3/t9-/m1/s1. The van der Waals surface area contributed by atoms with Gasteiger partial charge >= 0.3 is 0 Å². The second kappa shape index (κ2) is 3.26. The summed E-state index contributed by atoms with van der Waals surface area (Å²) >= 11 is 0. The molecule has 1 aromatic rings. The minimum absolute atomic E-state index is 0.145. The molecule has 1 atom stereocenters. The Labute approximate surface area is 77.9 Å². The first-order valence-corrected chi connectivity index (χ1v) is 4.48. The third-order valence-corrected chi connectivity index (χ3v) is 2.43. The molecule has 1 aliphatic heterocycles. The van der Waals surface area contributed by atoms with Gasteiger partial charge in [-0.05, 0) is 30.2 Å². The van der Waals surface area contributed by atoms with Gasteiger partial charge in [0, 0.05) is 18.3 Å². The first-order valence-electron chi connectivity index (χ1n) is 4.48. The van der Waals surface area contributed by atoms with Crippen LogP contribution >= 0.6 is 0 Å². The summed E-state index contributed by atoms with van der Waals surface area (Å²) in [5.41, 5.74) is 8.27. The van der Waals surface area contributed by atoms with Gasteiger partial charge in [0.25, 0.3) is 0 Å². The van der Waals surface area contributed by atoms with Crippen molar-refractivity contribution in [3.63, 3.8) is 0 Å². The van der Waals surface area contributed by atoms with Gasteiger partial charge in [0.05, 0.1) is 7.11 Å². The van der Waals surface area contributed by atoms with Crippen LogP contribution in [0, 0.1) is 0 Å². The minimum atomic E-state index is 0.145. The van der Waals surface area contributed by atoms with Crippen LogP contribution in [0.4, 0.5) is 5.69 Å². The number of nitrogens with two attached hydrogens (primary N) is 1. The summed E-state index contributed by atoms with van der Waals surface area (Å²) in [4.78, 5) is 0. The lowest BCUT2D eigenvalue weighted by molar-refractivity contribution is 0.413. The Balaban J connectivity index is 2.41. The Morgan fingerprint density at radius 1 is 1.54 bits per heavy atom. The van der Waals surface area contributed by atoms with Gasteiger partial charge in [0.15, 0.2) is 0 Å². The van der Waals surface area contributed by atoms with E-state index in [4.69, 9.17) is 10.5 Å². The summed E-state index contributed by atoms with van der Waals surface area (Å²) in [5, 5.41) is 3.31. The smallest absolute Gasteiger partial charge is 0.119 e. The zero-order valence-electron chi connectivity index (χ0n) is 7.71. The summed E-state index contributed by atoms with van der Waals surface area (Å²) in [7, 11) is 1.67. The van der Waals surface area contributed by atoms with Gasteiger partial charge < -0.3 is 15.8 Å². The van der Waals surface area contributed by atoms with E-state index >= 15 is 0 Å². The lowest BCUT2D eigenvalue weighted by Crippen LogP contribution is -2.22. The van der Waals surface area contributed by atoms with E-state index in [1.165, 1.54) is 0 Å². The molecular formula is C10H14N2O. The fraction of sp³-hybridized carbons (Fsp3) is 0.400. The van der Waals surface area contributed by atoms with E-state index in [0.29, 0.717) is 0 Å². The highest BCUT2D eigenvalue weighted by Gasteiger charge is 2.16. The molecule has 0 saturated carbocycles. The van der Waals surface area contributed by atoms with E-state index in [-0.39, 0.29) is 6.04 Å². The van der Waals surface area contributed by atoms with E-state index in [2.05, 4.69) is 5.32 Å². The molecule has 3 heteroatoms. The van der Waals surface area contributed by atoms with E-state index in [9.17, 15) is 0 Å². The van der Waals surface area contributed by atoms with Crippen LogP contribution in [0.15, 0.2) is 18.2 Å². The van der Waals surface area contributed by atoms with Crippen molar-refractivity contribution in [2.24, 2.45) is 5.73 Å². The van der Waals surface area contributed by atoms with Crippen molar-refractivity contribution in [2.45, 2.75) is 12.5 Å². The van der Waals surface area contributed by atoms with Gasteiger partial charge in [-0.3, -0.25) is 0 Å². The highest BCUT2D eigenvalue weighted by atomic mass is 16.5. The van der Waals surface area contributed by atoms with Crippen molar-refractivity contribution >= 4 is 5.69 Å². The quantitative estimate of drug-likeness (QED) is 0.685. The molecule has 0 bridgehead atoms. The zero-order valence-corrected chi connectivity index (χ0v) is 7.71. The lowest BCUT2D eigenvalue weighted by atomic mass is 9.99. The van der Waals surface area contributed by atoms with Gasteiger partial charge in [-0.15, -0.1) is 0 Å². The average Bonchev–Trinajstić information content (AvgIpc) is 2.18. The lowest BCUT2D eigenvalue weighted by Gasteiger charge is -2.24. The Morgan fingerprint density at radius 2 is 2.38 bits per heavy atom. The van der Waals surface area contributed by atoms with E-state index in [0.717, 1.165) is 30.0 Å². The third kappa shape index (κ3) is 1.47. The van der Waals surface area contributed by atoms with Crippen molar-refractivity contribution in [1.29, 1.82) is 0 Å². The van der Waals surface area contributed by atoms with Crippen LogP contribution in [-0.4, -0.2) is 13.7 Å². The maximum Gasteiger partial charge on any atom is 0.119 e. The molecular weight excluding hydrogens is 164 g/mol. The molecule has 70 valence electrons. The normalized spacial score (nSPS) is 20.3. The summed E-state index contributed by atoms with van der Waals surface area (Å²) in [6.45, 7) is 0.959. The Bertz CT molecular complexity index is 312. The number of hydrogen-bond acceptors (Lipinski definition) is 3. The fourth-order valence-corrected chi connectivity index (χ4v) is 1.65. The molecule has 0 unspecified atom stereocenters. The number of nitrogens with one attached hydrogen (secondary N) is 1. The highest BCUT2D eigenvalue weighted by molar-refractivity contribution is 5.57. The SMILES string of the molecule is COc1ccc2c(c1)[C@H](N)CCN2. The molecule has 0 fully saturated rings. The van der Waals surface area contributed by atoms with E-state index in [1.54, 1.807) is 7.11 Å². The highest BCUT2D eigenvalue weighted by Crippen LogP contribution is 2.30. The molecule has 0 saturated heterocycles. The second-order valence-corrected chi connectivity index (χ2v) is 3.28. The van der Waals surface area contributed by atoms with E-state index < -0.39 is 0 Å². The van der Waals surface area contributed by atoms with Crippen LogP contribution in [-0.2, 0) is 0 Å². The molecule has 2 rings (SSSR count). The molecule has 1 aliphatic rings. The number of rotatable bonds is 1. The molecule has 3 N–H and O–H groups in total. The van der Waals surface area contributed by atoms with Crippen LogP contribution in [0.2, 0.25) is 0 Å². The first-order chi connectivity index (χ1) is 6.31. The van der Waals surface area contributed by atoms with Crippen LogP contribution < -0.4 is 15.8 Å². The number of benzene rings is 1. The molecule has 1 aromatic carbocycles. The topological polar surface area (TPSA) is 47.3 Å². The summed E-state index contributed by atoms with van der Waals surface area (Å²) in [6.07, 6.45) is 0.986. The largest absolute Gasteiger partial charge is 0.497 e. The molecule has 0 aromatic heterocycles. The molecule has 3 nitrogen and oxygen atoms in total. The molecule has 0 spiro atoms. The average molecular weight is 178 g/mol.